The third-order valence-electron chi connectivity index (χ3n) is 7.52. The van der Waals surface area contributed by atoms with Crippen LogP contribution in [0.4, 0.5) is 5.82 Å². The Labute approximate surface area is 259 Å². The second-order valence-electron chi connectivity index (χ2n) is 10.5. The molecule has 1 unspecified atom stereocenters. The largest absolute Gasteiger partial charge is 0.387 e. The van der Waals surface area contributed by atoms with Gasteiger partial charge >= 0.3 is 19.2 Å². The number of aryl methyl sites for hydroxylation is 1. The van der Waals surface area contributed by atoms with Gasteiger partial charge in [-0.15, -0.1) is 0 Å². The molecule has 6 heterocycles. The van der Waals surface area contributed by atoms with Gasteiger partial charge in [0.15, 0.2) is 6.23 Å². The summed E-state index contributed by atoms with van der Waals surface area (Å²) in [5.74, 6) is 0.791. The summed E-state index contributed by atoms with van der Waals surface area (Å²) in [6.45, 7) is -8.27. The van der Waals surface area contributed by atoms with Gasteiger partial charge in [-0.25, -0.2) is 19.3 Å². The summed E-state index contributed by atoms with van der Waals surface area (Å²) in [4.78, 5) is 53.8. The second kappa shape index (κ2) is 12.7. The van der Waals surface area contributed by atoms with Crippen LogP contribution in [0.1, 0.15) is 37.3 Å². The van der Waals surface area contributed by atoms with Crippen molar-refractivity contribution in [2.24, 2.45) is 0 Å². The fourth-order valence-corrected chi connectivity index (χ4v) is 7.56. The Hall–Kier alpha value is -1.99. The van der Waals surface area contributed by atoms with Crippen LogP contribution < -0.4 is 16.6 Å². The molecular weight excluding hydrogens is 662 g/mol. The van der Waals surface area contributed by atoms with Crippen LogP contribution in [0.25, 0.3) is 11.0 Å². The number of hydrogen-bond acceptors (Lipinski definition) is 13. The molecule has 0 saturated carbocycles. The maximum atomic E-state index is 13.4. The van der Waals surface area contributed by atoms with Gasteiger partial charge in [-0.3, -0.25) is 23.4 Å². The van der Waals surface area contributed by atoms with E-state index in [2.05, 4.69) is 44.3 Å². The second-order valence-corrected chi connectivity index (χ2v) is 16.0. The molecule has 240 valence electrons. The van der Waals surface area contributed by atoms with E-state index in [4.69, 9.17) is 23.0 Å². The molecule has 3 aliphatic rings. The number of rotatable bonds is 10. The van der Waals surface area contributed by atoms with E-state index in [0.29, 0.717) is 12.8 Å². The van der Waals surface area contributed by atoms with Gasteiger partial charge in [0, 0.05) is 25.0 Å². The number of thiol groups is 1. The first-order chi connectivity index (χ1) is 20.9. The molecule has 6 rings (SSSR count). The molecular formula is C23H30N6O11P2S2. The van der Waals surface area contributed by atoms with Gasteiger partial charge in [-0.2, -0.15) is 0 Å². The first-order valence-corrected chi connectivity index (χ1v) is 19.0. The number of anilines is 1. The van der Waals surface area contributed by atoms with E-state index in [9.17, 15) is 29.0 Å². The molecule has 3 aromatic rings. The Balaban J connectivity index is 1.13. The number of aliphatic hydroxyl groups is 1. The van der Waals surface area contributed by atoms with E-state index in [-0.39, 0.29) is 12.8 Å². The lowest BCUT2D eigenvalue weighted by molar-refractivity contribution is -0.0517. The number of aromatic nitrogens is 5. The van der Waals surface area contributed by atoms with Crippen LogP contribution in [0.5, 0.6) is 0 Å². The lowest BCUT2D eigenvalue weighted by Crippen LogP contribution is -2.39. The molecule has 7 atom stereocenters. The smallest absolute Gasteiger partial charge is 0.386 e. The van der Waals surface area contributed by atoms with E-state index < -0.39 is 62.0 Å². The molecule has 2 saturated heterocycles. The Morgan fingerprint density at radius 2 is 1.98 bits per heavy atom. The molecule has 5 N–H and O–H groups in total. The molecule has 2 fully saturated rings. The van der Waals surface area contributed by atoms with Gasteiger partial charge in [-0.05, 0) is 43.1 Å². The Bertz CT molecular complexity index is 1750. The normalized spacial score (nSPS) is 28.5. The predicted molar refractivity (Wildman–Crippen MR) is 161 cm³/mol. The molecule has 3 aliphatic heterocycles. The molecule has 3 aromatic heterocycles. The quantitative estimate of drug-likeness (QED) is 0.129. The van der Waals surface area contributed by atoms with Crippen LogP contribution in [0.2, 0.25) is 0 Å². The highest BCUT2D eigenvalue weighted by atomic mass is 32.7. The number of aliphatic hydroxyl groups excluding tert-OH is 1. The standard InChI is InChI=1S/C23H30N6O11P2S2/c30-15-5-7-28(23(32)27-15)22-19(18(31)14(39-22)10-36-41(33,34)43)40-42(35,44)37-9-13-3-4-16(38-13)29-8-12-2-1-6-24-20-17(12)21(29)26-11-25-20/h5,7-8,11,13-14,16,18-19,22,31H,1-4,6,9-10H2,(H,35,44)(H,24,25,26)(H,27,30,32)(H2,33,34,43)/t13-,14+,16+,18+,19+,22+,42?/m0/s1. The van der Waals surface area contributed by atoms with Crippen LogP contribution in [0.3, 0.4) is 0 Å². The summed E-state index contributed by atoms with van der Waals surface area (Å²) in [7, 11) is 0. The average molecular weight is 693 g/mol. The predicted octanol–water partition coefficient (Wildman–Crippen LogP) is 0.941. The minimum atomic E-state index is -4.23. The number of ether oxygens (including phenoxy) is 2. The maximum Gasteiger partial charge on any atom is 0.386 e. The molecule has 17 nitrogen and oxygen atoms in total. The Morgan fingerprint density at radius 1 is 1.16 bits per heavy atom. The zero-order valence-electron chi connectivity index (χ0n) is 22.9. The van der Waals surface area contributed by atoms with Crippen molar-refractivity contribution in [3.05, 3.63) is 51.2 Å². The van der Waals surface area contributed by atoms with Gasteiger partial charge in [0.05, 0.1) is 24.7 Å². The third kappa shape index (κ3) is 6.89. The Morgan fingerprint density at radius 3 is 2.75 bits per heavy atom. The highest BCUT2D eigenvalue weighted by Crippen LogP contribution is 2.57. The molecule has 0 radical (unpaired) electrons. The van der Waals surface area contributed by atoms with E-state index in [1.807, 2.05) is 10.8 Å². The highest BCUT2D eigenvalue weighted by molar-refractivity contribution is 8.44. The number of hydrogen-bond donors (Lipinski definition) is 6. The van der Waals surface area contributed by atoms with Crippen molar-refractivity contribution in [3.63, 3.8) is 0 Å². The number of nitrogens with one attached hydrogen (secondary N) is 2. The minimum absolute atomic E-state index is 0.164. The first-order valence-electron chi connectivity index (χ1n) is 13.6. The van der Waals surface area contributed by atoms with Crippen LogP contribution in [0.15, 0.2) is 34.4 Å². The fraction of sp³-hybridized carbons (Fsp3) is 0.565. The number of aromatic amines is 1. The van der Waals surface area contributed by atoms with Crippen LogP contribution in [0, 0.1) is 0 Å². The summed E-state index contributed by atoms with van der Waals surface area (Å²) < 4.78 is 44.1. The summed E-state index contributed by atoms with van der Waals surface area (Å²) >= 11 is 8.52. The van der Waals surface area contributed by atoms with Gasteiger partial charge in [-0.1, -0.05) is 12.2 Å². The topological polar surface area (TPSA) is 222 Å². The first kappa shape index (κ1) is 32.0. The molecule has 0 spiro atoms. The van der Waals surface area contributed by atoms with Crippen LogP contribution >= 0.6 is 25.8 Å². The molecule has 0 aromatic carbocycles. The lowest BCUT2D eigenvalue weighted by atomic mass is 10.1. The number of nitrogens with zero attached hydrogens (tertiary/aromatic N) is 4. The average Bonchev–Trinajstić information content (AvgIpc) is 3.61. The van der Waals surface area contributed by atoms with Gasteiger partial charge in [0.2, 0.25) is 0 Å². The highest BCUT2D eigenvalue weighted by Gasteiger charge is 2.49. The van der Waals surface area contributed by atoms with Gasteiger partial charge < -0.3 is 38.8 Å². The molecule has 44 heavy (non-hydrogen) atoms. The van der Waals surface area contributed by atoms with Crippen LogP contribution in [-0.2, 0) is 45.8 Å². The van der Waals surface area contributed by atoms with E-state index in [1.165, 1.54) is 6.33 Å². The van der Waals surface area contributed by atoms with Crippen molar-refractivity contribution in [2.75, 3.05) is 25.1 Å². The summed E-state index contributed by atoms with van der Waals surface area (Å²) in [5, 5.41) is 15.2. The van der Waals surface area contributed by atoms with Crippen molar-refractivity contribution in [2.45, 2.75) is 62.6 Å². The Kier molecular flexibility index (Phi) is 9.20. The zero-order chi connectivity index (χ0) is 31.2. The van der Waals surface area contributed by atoms with E-state index in [0.717, 1.165) is 58.6 Å². The summed E-state index contributed by atoms with van der Waals surface area (Å²) in [6.07, 6.45) is 1.01. The summed E-state index contributed by atoms with van der Waals surface area (Å²) in [5.41, 5.74) is 0.301. The van der Waals surface area contributed by atoms with E-state index in [1.54, 1.807) is 0 Å². The summed E-state index contributed by atoms with van der Waals surface area (Å²) in [6, 6.07) is 1.04. The number of H-pyrrole nitrogens is 1. The monoisotopic (exact) mass is 692 g/mol. The van der Waals surface area contributed by atoms with Crippen molar-refractivity contribution in [3.8, 4) is 0 Å². The molecule has 21 heteroatoms. The molecule has 0 bridgehead atoms. The van der Waals surface area contributed by atoms with E-state index >= 15 is 0 Å². The third-order valence-corrected chi connectivity index (χ3v) is 9.94. The SMILES string of the molecule is O=c1ccn([C@@H]2O[C@H](COP(O)(O)=S)[C@@H](O)[C@H]2OP(=O)(S)OC[C@@H]2CC[C@H](n3cc4c5c(ncnc53)NCCC4)O2)c(=O)[nH]1. The van der Waals surface area contributed by atoms with Crippen molar-refractivity contribution in [1.82, 2.24) is 24.1 Å². The van der Waals surface area contributed by atoms with Crippen LogP contribution in [-0.4, -0.2) is 83.2 Å². The van der Waals surface area contributed by atoms with Crippen molar-refractivity contribution >= 4 is 54.4 Å². The minimum Gasteiger partial charge on any atom is -0.387 e. The fourth-order valence-electron chi connectivity index (χ4n) is 5.56. The van der Waals surface area contributed by atoms with Crippen molar-refractivity contribution < 1.29 is 42.5 Å². The maximum absolute atomic E-state index is 13.4. The molecule has 0 aliphatic carbocycles. The van der Waals surface area contributed by atoms with Gasteiger partial charge in [0.1, 0.15) is 42.3 Å². The lowest BCUT2D eigenvalue weighted by Gasteiger charge is -2.25. The zero-order valence-corrected chi connectivity index (χ0v) is 26.4. The molecule has 0 amide bonds. The van der Waals surface area contributed by atoms with Crippen molar-refractivity contribution in [1.29, 1.82) is 0 Å². The van der Waals surface area contributed by atoms with Gasteiger partial charge in [0.25, 0.3) is 5.56 Å².